The van der Waals surface area contributed by atoms with E-state index in [-0.39, 0.29) is 0 Å². The van der Waals surface area contributed by atoms with Gasteiger partial charge in [-0.05, 0) is 62.5 Å². The molecule has 6 nitrogen and oxygen atoms in total. The predicted octanol–water partition coefficient (Wildman–Crippen LogP) is 12.2. The summed E-state index contributed by atoms with van der Waals surface area (Å²) >= 11 is 0. The van der Waals surface area contributed by atoms with E-state index in [1.54, 1.807) is 6.07 Å². The number of rotatable bonds is 5. The quantitative estimate of drug-likeness (QED) is 0.136. The molecule has 0 bridgehead atoms. The van der Waals surface area contributed by atoms with Crippen LogP contribution in [0.4, 0.5) is 11.4 Å². The number of benzene rings is 7. The molecule has 9 rings (SSSR count). The molecular formula is C46H26N6. The highest BCUT2D eigenvalue weighted by Gasteiger charge is 2.18. The van der Waals surface area contributed by atoms with Gasteiger partial charge in [0.15, 0.2) is 28.8 Å². The first-order valence-corrected chi connectivity index (χ1v) is 16.8. The molecule has 0 saturated carbocycles. The molecule has 7 aromatic carbocycles. The standard InChI is InChI=1S/C46H26N6/c1-47-34-24-33(25-35(26-34)48-2)39-27-42-38-21-12-22-49-43(38)40(28-41(42)37-20-10-9-19-36(37)39)31-17-11-18-32(23-31)46-51-44(29-13-5-3-6-14-29)50-45(52-46)30-15-7-4-8-16-30/h3-28H. The second-order valence-electron chi connectivity index (χ2n) is 12.5. The molecule has 0 fully saturated rings. The minimum atomic E-state index is 0.444. The Bertz CT molecular complexity index is 2830. The van der Waals surface area contributed by atoms with Crippen molar-refractivity contribution in [1.29, 1.82) is 0 Å². The summed E-state index contributed by atoms with van der Waals surface area (Å²) in [6.45, 7) is 15.3. The van der Waals surface area contributed by atoms with E-state index < -0.39 is 0 Å². The van der Waals surface area contributed by atoms with E-state index in [9.17, 15) is 0 Å². The van der Waals surface area contributed by atoms with Crippen molar-refractivity contribution in [2.24, 2.45) is 0 Å². The van der Waals surface area contributed by atoms with E-state index in [4.69, 9.17) is 33.1 Å². The monoisotopic (exact) mass is 662 g/mol. The Kier molecular flexibility index (Phi) is 7.47. The minimum absolute atomic E-state index is 0.444. The van der Waals surface area contributed by atoms with Crippen LogP contribution in [0.15, 0.2) is 158 Å². The van der Waals surface area contributed by atoms with Crippen molar-refractivity contribution < 1.29 is 0 Å². The molecule has 0 amide bonds. The van der Waals surface area contributed by atoms with Crippen LogP contribution in [0.1, 0.15) is 0 Å². The lowest BCUT2D eigenvalue weighted by atomic mass is 9.88. The maximum Gasteiger partial charge on any atom is 0.177 e. The average molecular weight is 663 g/mol. The summed E-state index contributed by atoms with van der Waals surface area (Å²) in [5.41, 5.74) is 8.26. The summed E-state index contributed by atoms with van der Waals surface area (Å²) in [4.78, 5) is 27.1. The molecule has 0 N–H and O–H groups in total. The van der Waals surface area contributed by atoms with E-state index in [2.05, 4.69) is 58.2 Å². The SMILES string of the molecule is [C-]#[N+]c1cc([N+]#[C-])cc(-c2cc3c4cccnc4c(-c4cccc(-c5nc(-c6ccccc6)nc(-c6ccccc6)n5)c4)cc3c3ccccc23)c1. The number of hydrogen-bond acceptors (Lipinski definition) is 4. The first kappa shape index (κ1) is 30.5. The molecule has 9 aromatic rings. The van der Waals surface area contributed by atoms with Crippen molar-refractivity contribution in [3.63, 3.8) is 0 Å². The van der Waals surface area contributed by atoms with Crippen molar-refractivity contribution in [2.75, 3.05) is 0 Å². The lowest BCUT2D eigenvalue weighted by molar-refractivity contribution is 1.07. The maximum absolute atomic E-state index is 7.65. The summed E-state index contributed by atoms with van der Waals surface area (Å²) in [6.07, 6.45) is 1.83. The average Bonchev–Trinajstić information content (AvgIpc) is 3.23. The van der Waals surface area contributed by atoms with Crippen LogP contribution in [0, 0.1) is 13.1 Å². The topological polar surface area (TPSA) is 60.3 Å². The van der Waals surface area contributed by atoms with Crippen LogP contribution in [-0.2, 0) is 0 Å². The fraction of sp³-hybridized carbons (Fsp3) is 0. The van der Waals surface area contributed by atoms with E-state index in [0.717, 1.165) is 71.4 Å². The van der Waals surface area contributed by atoms with Gasteiger partial charge in [-0.1, -0.05) is 127 Å². The number of aromatic nitrogens is 4. The lowest BCUT2D eigenvalue weighted by Crippen LogP contribution is -2.00. The largest absolute Gasteiger partial charge is 0.256 e. The zero-order valence-electron chi connectivity index (χ0n) is 27.7. The van der Waals surface area contributed by atoms with Gasteiger partial charge in [0.25, 0.3) is 0 Å². The van der Waals surface area contributed by atoms with Gasteiger partial charge in [-0.2, -0.15) is 0 Å². The fourth-order valence-corrected chi connectivity index (χ4v) is 6.93. The van der Waals surface area contributed by atoms with Crippen LogP contribution in [0.5, 0.6) is 0 Å². The van der Waals surface area contributed by atoms with Crippen molar-refractivity contribution in [1.82, 2.24) is 19.9 Å². The molecule has 0 saturated heterocycles. The Balaban J connectivity index is 1.26. The van der Waals surface area contributed by atoms with Gasteiger partial charge < -0.3 is 0 Å². The third-order valence-electron chi connectivity index (χ3n) is 9.33. The second kappa shape index (κ2) is 12.7. The van der Waals surface area contributed by atoms with Gasteiger partial charge in [0.1, 0.15) is 0 Å². The normalized spacial score (nSPS) is 11.0. The Morgan fingerprint density at radius 1 is 0.365 bits per heavy atom. The van der Waals surface area contributed by atoms with Crippen LogP contribution in [-0.4, -0.2) is 19.9 Å². The molecule has 52 heavy (non-hydrogen) atoms. The van der Waals surface area contributed by atoms with Gasteiger partial charge in [0.2, 0.25) is 0 Å². The molecule has 2 heterocycles. The Hall–Kier alpha value is -7.54. The first-order valence-electron chi connectivity index (χ1n) is 16.8. The minimum Gasteiger partial charge on any atom is -0.256 e. The molecule has 6 heteroatoms. The van der Waals surface area contributed by atoms with Gasteiger partial charge in [-0.25, -0.2) is 24.6 Å². The lowest BCUT2D eigenvalue weighted by Gasteiger charge is -2.16. The van der Waals surface area contributed by atoms with E-state index in [0.29, 0.717) is 28.8 Å². The van der Waals surface area contributed by atoms with Crippen molar-refractivity contribution in [3.8, 4) is 56.4 Å². The van der Waals surface area contributed by atoms with Gasteiger partial charge in [-0.15, -0.1) is 0 Å². The molecule has 0 aliphatic carbocycles. The summed E-state index contributed by atoms with van der Waals surface area (Å²) in [5, 5.41) is 5.27. The molecule has 0 unspecified atom stereocenters. The highest BCUT2D eigenvalue weighted by atomic mass is 15.0. The molecular weight excluding hydrogens is 637 g/mol. The third kappa shape index (κ3) is 5.38. The van der Waals surface area contributed by atoms with E-state index in [1.165, 1.54) is 0 Å². The number of fused-ring (bicyclic) bond motifs is 5. The summed E-state index contributed by atoms with van der Waals surface area (Å²) < 4.78 is 0. The molecule has 0 spiro atoms. The summed E-state index contributed by atoms with van der Waals surface area (Å²) in [7, 11) is 0. The highest BCUT2D eigenvalue weighted by Crippen LogP contribution is 2.43. The zero-order valence-corrected chi connectivity index (χ0v) is 27.7. The third-order valence-corrected chi connectivity index (χ3v) is 9.33. The van der Waals surface area contributed by atoms with Crippen LogP contribution in [0.2, 0.25) is 0 Å². The number of hydrogen-bond donors (Lipinski definition) is 0. The summed E-state index contributed by atoms with van der Waals surface area (Å²) in [5.74, 6) is 1.81. The Labute approximate surface area is 300 Å². The van der Waals surface area contributed by atoms with Gasteiger partial charge in [0, 0.05) is 33.8 Å². The van der Waals surface area contributed by atoms with Gasteiger partial charge in [0.05, 0.1) is 18.7 Å². The molecule has 2 aromatic heterocycles. The number of nitrogens with zero attached hydrogens (tertiary/aromatic N) is 6. The molecule has 0 radical (unpaired) electrons. The molecule has 240 valence electrons. The smallest absolute Gasteiger partial charge is 0.177 e. The Morgan fingerprint density at radius 3 is 1.54 bits per heavy atom. The van der Waals surface area contributed by atoms with Crippen molar-refractivity contribution in [2.45, 2.75) is 0 Å². The predicted molar refractivity (Wildman–Crippen MR) is 210 cm³/mol. The van der Waals surface area contributed by atoms with E-state index in [1.807, 2.05) is 103 Å². The van der Waals surface area contributed by atoms with Crippen LogP contribution in [0.25, 0.3) is 98.6 Å². The summed E-state index contributed by atoms with van der Waals surface area (Å²) in [6, 6.07) is 50.5. The highest BCUT2D eigenvalue weighted by molar-refractivity contribution is 6.23. The maximum atomic E-state index is 7.65. The fourth-order valence-electron chi connectivity index (χ4n) is 6.93. The molecule has 0 aliphatic heterocycles. The second-order valence-corrected chi connectivity index (χ2v) is 12.5. The van der Waals surface area contributed by atoms with Crippen LogP contribution >= 0.6 is 0 Å². The first-order chi connectivity index (χ1) is 25.7. The number of pyridine rings is 1. The van der Waals surface area contributed by atoms with Crippen LogP contribution < -0.4 is 0 Å². The molecule has 0 aliphatic rings. The van der Waals surface area contributed by atoms with Crippen molar-refractivity contribution >= 4 is 43.8 Å². The Morgan fingerprint density at radius 2 is 0.885 bits per heavy atom. The van der Waals surface area contributed by atoms with Gasteiger partial charge >= 0.3 is 0 Å². The van der Waals surface area contributed by atoms with Crippen LogP contribution in [0.3, 0.4) is 0 Å². The van der Waals surface area contributed by atoms with E-state index >= 15 is 0 Å². The zero-order chi connectivity index (χ0) is 35.0. The molecule has 0 atom stereocenters. The van der Waals surface area contributed by atoms with Gasteiger partial charge in [-0.3, -0.25) is 4.98 Å². The van der Waals surface area contributed by atoms with Crippen molar-refractivity contribution in [3.05, 3.63) is 181 Å².